The van der Waals surface area contributed by atoms with E-state index >= 15 is 0 Å². The average molecular weight is 558 g/mol. The molecule has 4 heteroatoms. The highest BCUT2D eigenvalue weighted by Gasteiger charge is 2.27. The van der Waals surface area contributed by atoms with Crippen LogP contribution in [-0.4, -0.2) is 19.6 Å². The Morgan fingerprint density at radius 1 is 0.628 bits per heavy atom. The van der Waals surface area contributed by atoms with Gasteiger partial charge in [-0.25, -0.2) is 4.98 Å². The summed E-state index contributed by atoms with van der Waals surface area (Å²) in [5.41, 5.74) is 9.80. The number of rotatable bonds is 6. The van der Waals surface area contributed by atoms with Crippen molar-refractivity contribution in [2.24, 2.45) is 0 Å². The molecule has 0 saturated heterocycles. The molecule has 0 saturated carbocycles. The maximum Gasteiger partial charge on any atom is 0.149 e. The van der Waals surface area contributed by atoms with E-state index in [-0.39, 0.29) is 11.2 Å². The minimum atomic E-state index is -0.244. The van der Waals surface area contributed by atoms with Gasteiger partial charge in [0.15, 0.2) is 0 Å². The van der Waals surface area contributed by atoms with E-state index in [0.717, 1.165) is 39.1 Å². The molecule has 0 bridgehead atoms. The first-order chi connectivity index (χ1) is 21.0. The molecule has 208 valence electrons. The molecule has 1 N–H and O–H groups in total. The van der Waals surface area contributed by atoms with Gasteiger partial charge in [-0.2, -0.15) is 0 Å². The molecule has 43 heavy (non-hydrogen) atoms. The number of para-hydroxylation sites is 3. The monoisotopic (exact) mass is 557 g/mol. The number of phenols is 1. The van der Waals surface area contributed by atoms with E-state index in [1.165, 1.54) is 11.1 Å². The zero-order valence-corrected chi connectivity index (χ0v) is 24.1. The number of aromatic nitrogens is 3. The molecule has 0 unspecified atom stereocenters. The molecule has 0 aliphatic carbocycles. The number of nitrogens with zero attached hydrogens (tertiary/aromatic N) is 3. The summed E-state index contributed by atoms with van der Waals surface area (Å²) in [5.74, 6) is 0.889. The molecule has 0 spiro atoms. The SMILES string of the molecule is CC(C)(c1ccccc1)c1ccc(-c2cccc3c2nc(-c2ccccc2O)n3-c2ccccc2)cc1-c1ccccn1. The number of fused-ring (bicyclic) bond motifs is 1. The number of benzene rings is 5. The highest BCUT2D eigenvalue weighted by atomic mass is 16.3. The Hall–Kier alpha value is -5.48. The number of phenolic OH excluding ortho intramolecular Hbond substituents is 1. The number of pyridine rings is 1. The molecule has 2 aromatic heterocycles. The van der Waals surface area contributed by atoms with Gasteiger partial charge < -0.3 is 5.11 Å². The van der Waals surface area contributed by atoms with E-state index in [1.54, 1.807) is 6.07 Å². The second-order valence-corrected chi connectivity index (χ2v) is 11.3. The largest absolute Gasteiger partial charge is 0.507 e. The van der Waals surface area contributed by atoms with Gasteiger partial charge in [0.05, 0.1) is 22.3 Å². The van der Waals surface area contributed by atoms with Gasteiger partial charge in [0.2, 0.25) is 0 Å². The maximum atomic E-state index is 10.8. The van der Waals surface area contributed by atoms with Crippen molar-refractivity contribution in [2.75, 3.05) is 0 Å². The van der Waals surface area contributed by atoms with Gasteiger partial charge in [-0.05, 0) is 65.2 Å². The number of hydrogen-bond donors (Lipinski definition) is 1. The third-order valence-corrected chi connectivity index (χ3v) is 8.28. The average Bonchev–Trinajstić information content (AvgIpc) is 3.45. The lowest BCUT2D eigenvalue weighted by Crippen LogP contribution is -2.20. The fourth-order valence-electron chi connectivity index (χ4n) is 6.02. The molecule has 0 fully saturated rings. The highest BCUT2D eigenvalue weighted by Crippen LogP contribution is 2.42. The van der Waals surface area contributed by atoms with Crippen LogP contribution in [0.25, 0.3) is 50.5 Å². The van der Waals surface area contributed by atoms with Gasteiger partial charge in [0.25, 0.3) is 0 Å². The van der Waals surface area contributed by atoms with Crippen LogP contribution in [0.1, 0.15) is 25.0 Å². The van der Waals surface area contributed by atoms with Crippen LogP contribution in [0, 0.1) is 0 Å². The van der Waals surface area contributed by atoms with Crippen molar-refractivity contribution < 1.29 is 5.11 Å². The van der Waals surface area contributed by atoms with Gasteiger partial charge >= 0.3 is 0 Å². The summed E-state index contributed by atoms with van der Waals surface area (Å²) >= 11 is 0. The van der Waals surface area contributed by atoms with Crippen molar-refractivity contribution in [3.05, 3.63) is 157 Å². The van der Waals surface area contributed by atoms with Crippen molar-refractivity contribution in [3.63, 3.8) is 0 Å². The zero-order chi connectivity index (χ0) is 29.4. The predicted octanol–water partition coefficient (Wildman–Crippen LogP) is 9.45. The fraction of sp³-hybridized carbons (Fsp3) is 0.0769. The van der Waals surface area contributed by atoms with Crippen molar-refractivity contribution in [2.45, 2.75) is 19.3 Å². The summed E-state index contributed by atoms with van der Waals surface area (Å²) in [4.78, 5) is 9.98. The van der Waals surface area contributed by atoms with Crippen LogP contribution < -0.4 is 0 Å². The normalized spacial score (nSPS) is 11.6. The molecule has 0 aliphatic heterocycles. The lowest BCUT2D eigenvalue weighted by atomic mass is 9.75. The molecule has 0 radical (unpaired) electrons. The first-order valence-electron chi connectivity index (χ1n) is 14.5. The molecule has 5 aromatic carbocycles. The van der Waals surface area contributed by atoms with E-state index in [9.17, 15) is 5.11 Å². The molecular formula is C39H31N3O. The summed E-state index contributed by atoms with van der Waals surface area (Å²) in [6, 6.07) is 47.2. The van der Waals surface area contributed by atoms with E-state index in [1.807, 2.05) is 54.7 Å². The quantitative estimate of drug-likeness (QED) is 0.222. The van der Waals surface area contributed by atoms with Crippen LogP contribution in [0.15, 0.2) is 146 Å². The van der Waals surface area contributed by atoms with Gasteiger partial charge in [-0.3, -0.25) is 9.55 Å². The molecule has 0 atom stereocenters. The fourth-order valence-corrected chi connectivity index (χ4v) is 6.02. The summed E-state index contributed by atoms with van der Waals surface area (Å²) in [5, 5.41) is 10.8. The van der Waals surface area contributed by atoms with Crippen LogP contribution in [0.2, 0.25) is 0 Å². The summed E-state index contributed by atoms with van der Waals surface area (Å²) in [6.45, 7) is 4.54. The maximum absolute atomic E-state index is 10.8. The van der Waals surface area contributed by atoms with Crippen molar-refractivity contribution in [3.8, 4) is 45.2 Å². The van der Waals surface area contributed by atoms with Gasteiger partial charge in [-0.1, -0.05) is 105 Å². The smallest absolute Gasteiger partial charge is 0.149 e. The van der Waals surface area contributed by atoms with Gasteiger partial charge in [-0.15, -0.1) is 0 Å². The van der Waals surface area contributed by atoms with Crippen molar-refractivity contribution >= 4 is 11.0 Å². The molecule has 0 aliphatic rings. The Bertz CT molecular complexity index is 2050. The van der Waals surface area contributed by atoms with Crippen LogP contribution in [0.3, 0.4) is 0 Å². The van der Waals surface area contributed by atoms with Crippen LogP contribution in [0.5, 0.6) is 5.75 Å². The van der Waals surface area contributed by atoms with Gasteiger partial charge in [0, 0.05) is 28.4 Å². The third kappa shape index (κ3) is 4.67. The van der Waals surface area contributed by atoms with Crippen LogP contribution >= 0.6 is 0 Å². The van der Waals surface area contributed by atoms with E-state index < -0.39 is 0 Å². The summed E-state index contributed by atoms with van der Waals surface area (Å²) in [7, 11) is 0. The van der Waals surface area contributed by atoms with Crippen LogP contribution in [-0.2, 0) is 5.41 Å². The van der Waals surface area contributed by atoms with Gasteiger partial charge in [0.1, 0.15) is 11.6 Å². The molecule has 7 rings (SSSR count). The molecule has 2 heterocycles. The first kappa shape index (κ1) is 26.4. The summed E-state index contributed by atoms with van der Waals surface area (Å²) < 4.78 is 2.13. The minimum Gasteiger partial charge on any atom is -0.507 e. The lowest BCUT2D eigenvalue weighted by molar-refractivity contribution is 0.477. The Balaban J connectivity index is 1.48. The zero-order valence-electron chi connectivity index (χ0n) is 24.1. The number of aromatic hydroxyl groups is 1. The van der Waals surface area contributed by atoms with E-state index in [0.29, 0.717) is 11.4 Å². The molecule has 7 aromatic rings. The Morgan fingerprint density at radius 2 is 1.33 bits per heavy atom. The Morgan fingerprint density at radius 3 is 2.07 bits per heavy atom. The minimum absolute atomic E-state index is 0.196. The Labute approximate surface area is 251 Å². The van der Waals surface area contributed by atoms with Crippen LogP contribution in [0.4, 0.5) is 0 Å². The van der Waals surface area contributed by atoms with Crippen molar-refractivity contribution in [1.82, 2.24) is 14.5 Å². The molecule has 4 nitrogen and oxygen atoms in total. The number of imidazole rings is 1. The second kappa shape index (κ2) is 10.7. The first-order valence-corrected chi connectivity index (χ1v) is 14.5. The third-order valence-electron chi connectivity index (χ3n) is 8.28. The second-order valence-electron chi connectivity index (χ2n) is 11.3. The number of hydrogen-bond acceptors (Lipinski definition) is 3. The van der Waals surface area contributed by atoms with E-state index in [4.69, 9.17) is 9.97 Å². The van der Waals surface area contributed by atoms with Crippen molar-refractivity contribution in [1.29, 1.82) is 0 Å². The lowest BCUT2D eigenvalue weighted by Gasteiger charge is -2.29. The highest BCUT2D eigenvalue weighted by molar-refractivity contribution is 5.96. The predicted molar refractivity (Wildman–Crippen MR) is 175 cm³/mol. The van der Waals surface area contributed by atoms with E-state index in [2.05, 4.69) is 103 Å². The molecule has 0 amide bonds. The Kier molecular flexibility index (Phi) is 6.59. The molecular weight excluding hydrogens is 526 g/mol. The topological polar surface area (TPSA) is 50.9 Å². The summed E-state index contributed by atoms with van der Waals surface area (Å²) in [6.07, 6.45) is 1.85. The standard InChI is InChI=1S/C39H31N3O/c1-39(2,28-14-5-3-6-15-28)33-24-23-27(26-32(33)34-20-11-12-25-40-34)30-19-13-21-35-37(30)41-38(31-18-9-10-22-36(31)43)42(35)29-16-7-4-8-17-29/h3-26,43H,1-2H3.